The zero-order valence-electron chi connectivity index (χ0n) is 19.0. The van der Waals surface area contributed by atoms with Crippen LogP contribution in [-0.2, 0) is 27.5 Å². The average molecular weight is 534 g/mol. The number of carbonyl (C=O) groups is 1. The smallest absolute Gasteiger partial charge is 0.351 e. The first-order valence-electron chi connectivity index (χ1n) is 11.0. The number of rotatable bonds is 6. The highest BCUT2D eigenvalue weighted by atomic mass is 32.2. The van der Waals surface area contributed by atoms with Crippen LogP contribution in [0.4, 0.5) is 17.6 Å². The van der Waals surface area contributed by atoms with Gasteiger partial charge >= 0.3 is 6.18 Å². The van der Waals surface area contributed by atoms with Crippen LogP contribution in [-0.4, -0.2) is 41.2 Å². The molecule has 13 heteroatoms. The van der Waals surface area contributed by atoms with Gasteiger partial charge in [-0.2, -0.15) is 22.7 Å². The second kappa shape index (κ2) is 10.2. The molecule has 0 radical (unpaired) electrons. The zero-order chi connectivity index (χ0) is 26.8. The Hall–Kier alpha value is -3.89. The van der Waals surface area contributed by atoms with Gasteiger partial charge in [-0.05, 0) is 60.4 Å². The van der Waals surface area contributed by atoms with E-state index < -0.39 is 39.8 Å². The van der Waals surface area contributed by atoms with E-state index in [0.29, 0.717) is 17.5 Å². The molecule has 0 bridgehead atoms. The lowest BCUT2D eigenvalue weighted by Crippen LogP contribution is -2.45. The van der Waals surface area contributed by atoms with Crippen molar-refractivity contribution in [2.24, 2.45) is 0 Å². The van der Waals surface area contributed by atoms with Crippen molar-refractivity contribution < 1.29 is 30.8 Å². The third-order valence-electron chi connectivity index (χ3n) is 5.84. The standard InChI is InChI=1S/C24H19F4N5O3S/c25-19-5-7-20(8-6-19)37(35,36)33-9-1-2-21(33)22(34)30-12-17-10-15(3-4-16(17)11-29)18-13-31-23(32-14-18)24(26,27)28/h3-8,10,13-14,21H,1-2,9,12H2,(H,30,34). The molecule has 37 heavy (non-hydrogen) atoms. The van der Waals surface area contributed by atoms with Crippen LogP contribution in [0.3, 0.4) is 0 Å². The van der Waals surface area contributed by atoms with E-state index in [1.54, 1.807) is 0 Å². The Kier molecular flexibility index (Phi) is 7.24. The van der Waals surface area contributed by atoms with E-state index in [9.17, 15) is 36.0 Å². The monoisotopic (exact) mass is 533 g/mol. The number of alkyl halides is 3. The number of nitriles is 1. The molecule has 3 aromatic rings. The first-order chi connectivity index (χ1) is 17.5. The SMILES string of the molecule is N#Cc1ccc(-c2cnc(C(F)(F)F)nc2)cc1CNC(=O)C1CCCN1S(=O)(=O)c1ccc(F)cc1. The molecule has 1 aliphatic rings. The number of nitrogens with one attached hydrogen (secondary N) is 1. The molecule has 1 atom stereocenters. The second-order valence-electron chi connectivity index (χ2n) is 8.22. The third-order valence-corrected chi connectivity index (χ3v) is 7.77. The average Bonchev–Trinajstić information content (AvgIpc) is 3.38. The Morgan fingerprint density at radius 2 is 1.78 bits per heavy atom. The predicted octanol–water partition coefficient (Wildman–Crippen LogP) is 3.64. The molecular formula is C24H19F4N5O3S. The lowest BCUT2D eigenvalue weighted by molar-refractivity contribution is -0.145. The molecule has 1 aromatic heterocycles. The van der Waals surface area contributed by atoms with Crippen molar-refractivity contribution >= 4 is 15.9 Å². The first kappa shape index (κ1) is 26.2. The Morgan fingerprint density at radius 3 is 2.41 bits per heavy atom. The summed E-state index contributed by atoms with van der Waals surface area (Å²) < 4.78 is 78.6. The normalized spacial score (nSPS) is 16.4. The summed E-state index contributed by atoms with van der Waals surface area (Å²) >= 11 is 0. The fourth-order valence-electron chi connectivity index (χ4n) is 3.98. The summed E-state index contributed by atoms with van der Waals surface area (Å²) in [5.74, 6) is -2.45. The van der Waals surface area contributed by atoms with E-state index in [-0.39, 0.29) is 35.5 Å². The lowest BCUT2D eigenvalue weighted by atomic mass is 10.0. The minimum atomic E-state index is -4.68. The maximum atomic E-state index is 13.2. The molecule has 8 nitrogen and oxygen atoms in total. The van der Waals surface area contributed by atoms with Gasteiger partial charge in [0.2, 0.25) is 21.8 Å². The van der Waals surface area contributed by atoms with E-state index in [1.165, 1.54) is 18.2 Å². The quantitative estimate of drug-likeness (QED) is 0.484. The fraction of sp³-hybridized carbons (Fsp3) is 0.250. The molecule has 1 saturated heterocycles. The molecule has 1 unspecified atom stereocenters. The second-order valence-corrected chi connectivity index (χ2v) is 10.1. The summed E-state index contributed by atoms with van der Waals surface area (Å²) in [6.07, 6.45) is -1.94. The Labute approximate surface area is 209 Å². The van der Waals surface area contributed by atoms with E-state index >= 15 is 0 Å². The molecule has 192 valence electrons. The molecule has 4 rings (SSSR count). The number of benzene rings is 2. The molecular weight excluding hydrogens is 514 g/mol. The largest absolute Gasteiger partial charge is 0.451 e. The van der Waals surface area contributed by atoms with Crippen LogP contribution in [0.25, 0.3) is 11.1 Å². The van der Waals surface area contributed by atoms with Crippen LogP contribution >= 0.6 is 0 Å². The van der Waals surface area contributed by atoms with Gasteiger partial charge in [-0.15, -0.1) is 0 Å². The maximum Gasteiger partial charge on any atom is 0.451 e. The number of halogens is 4. The van der Waals surface area contributed by atoms with Crippen molar-refractivity contribution in [3.63, 3.8) is 0 Å². The van der Waals surface area contributed by atoms with Crippen molar-refractivity contribution in [2.75, 3.05) is 6.54 Å². The Morgan fingerprint density at radius 1 is 1.11 bits per heavy atom. The minimum Gasteiger partial charge on any atom is -0.351 e. The Balaban J connectivity index is 1.51. The van der Waals surface area contributed by atoms with Crippen molar-refractivity contribution in [3.05, 3.63) is 77.6 Å². The van der Waals surface area contributed by atoms with Gasteiger partial charge in [-0.3, -0.25) is 4.79 Å². The van der Waals surface area contributed by atoms with Crippen molar-refractivity contribution in [2.45, 2.75) is 36.5 Å². The summed E-state index contributed by atoms with van der Waals surface area (Å²) in [4.78, 5) is 19.5. The van der Waals surface area contributed by atoms with E-state index in [2.05, 4.69) is 15.3 Å². The van der Waals surface area contributed by atoms with Crippen LogP contribution < -0.4 is 5.32 Å². The molecule has 1 N–H and O–H groups in total. The molecule has 1 fully saturated rings. The summed E-state index contributed by atoms with van der Waals surface area (Å²) in [5, 5.41) is 12.1. The molecule has 0 aliphatic carbocycles. The highest BCUT2D eigenvalue weighted by Crippen LogP contribution is 2.29. The van der Waals surface area contributed by atoms with Gasteiger partial charge in [0.05, 0.1) is 16.5 Å². The maximum absolute atomic E-state index is 13.2. The van der Waals surface area contributed by atoms with Gasteiger partial charge in [-0.1, -0.05) is 6.07 Å². The van der Waals surface area contributed by atoms with Crippen LogP contribution in [0.2, 0.25) is 0 Å². The lowest BCUT2D eigenvalue weighted by Gasteiger charge is -2.23. The Bertz CT molecular complexity index is 1450. The van der Waals surface area contributed by atoms with Gasteiger partial charge in [0, 0.05) is 31.0 Å². The van der Waals surface area contributed by atoms with Crippen LogP contribution in [0, 0.1) is 17.1 Å². The summed E-state index contributed by atoms with van der Waals surface area (Å²) in [6.45, 7) is -0.0113. The van der Waals surface area contributed by atoms with Gasteiger partial charge in [0.15, 0.2) is 0 Å². The predicted molar refractivity (Wildman–Crippen MR) is 122 cm³/mol. The van der Waals surface area contributed by atoms with E-state index in [0.717, 1.165) is 41.0 Å². The number of aromatic nitrogens is 2. The first-order valence-corrected chi connectivity index (χ1v) is 12.4. The van der Waals surface area contributed by atoms with Crippen molar-refractivity contribution in [1.82, 2.24) is 19.6 Å². The fourth-order valence-corrected chi connectivity index (χ4v) is 5.64. The van der Waals surface area contributed by atoms with Crippen LogP contribution in [0.1, 0.15) is 29.8 Å². The number of carbonyl (C=O) groups excluding carboxylic acids is 1. The molecule has 0 saturated carbocycles. The van der Waals surface area contributed by atoms with Gasteiger partial charge in [0.1, 0.15) is 11.9 Å². The van der Waals surface area contributed by atoms with E-state index in [4.69, 9.17) is 0 Å². The molecule has 1 amide bonds. The number of hydrogen-bond donors (Lipinski definition) is 1. The zero-order valence-corrected chi connectivity index (χ0v) is 19.9. The molecule has 1 aliphatic heterocycles. The van der Waals surface area contributed by atoms with Gasteiger partial charge in [-0.25, -0.2) is 22.8 Å². The van der Waals surface area contributed by atoms with Crippen LogP contribution in [0.5, 0.6) is 0 Å². The molecule has 2 heterocycles. The number of amides is 1. The number of hydrogen-bond acceptors (Lipinski definition) is 6. The van der Waals surface area contributed by atoms with Crippen LogP contribution in [0.15, 0.2) is 59.8 Å². The van der Waals surface area contributed by atoms with Gasteiger partial charge < -0.3 is 5.32 Å². The number of sulfonamides is 1. The number of nitrogens with zero attached hydrogens (tertiary/aromatic N) is 4. The van der Waals surface area contributed by atoms with Gasteiger partial charge in [0.25, 0.3) is 0 Å². The van der Waals surface area contributed by atoms with Crippen molar-refractivity contribution in [1.29, 1.82) is 5.26 Å². The summed E-state index contributed by atoms with van der Waals surface area (Å²) in [6, 6.07) is 9.80. The summed E-state index contributed by atoms with van der Waals surface area (Å²) in [5.41, 5.74) is 1.30. The van der Waals surface area contributed by atoms with E-state index in [1.807, 2.05) is 6.07 Å². The highest BCUT2D eigenvalue weighted by Gasteiger charge is 2.39. The highest BCUT2D eigenvalue weighted by molar-refractivity contribution is 7.89. The summed E-state index contributed by atoms with van der Waals surface area (Å²) in [7, 11) is -4.04. The van der Waals surface area contributed by atoms with Crippen molar-refractivity contribution in [3.8, 4) is 17.2 Å². The third kappa shape index (κ3) is 5.60. The molecule has 0 spiro atoms. The topological polar surface area (TPSA) is 116 Å². The molecule has 2 aromatic carbocycles. The minimum absolute atomic E-state index is 0.116.